The van der Waals surface area contributed by atoms with Gasteiger partial charge in [-0.2, -0.15) is 0 Å². The molecule has 3 N–H and O–H groups in total. The minimum atomic E-state index is -0.464. The molecule has 0 unspecified atom stereocenters. The van der Waals surface area contributed by atoms with Gasteiger partial charge in [-0.1, -0.05) is 18.2 Å². The third-order valence-electron chi connectivity index (χ3n) is 3.46. The second-order valence-electron chi connectivity index (χ2n) is 6.41. The van der Waals surface area contributed by atoms with E-state index in [1.165, 1.54) is 0 Å². The third-order valence-corrected chi connectivity index (χ3v) is 3.46. The van der Waals surface area contributed by atoms with Crippen LogP contribution in [0.3, 0.4) is 0 Å². The highest BCUT2D eigenvalue weighted by atomic mass is 16.6. The molecule has 1 aromatic rings. The fraction of sp³-hybridized carbons (Fsp3) is 0.562. The van der Waals surface area contributed by atoms with E-state index in [2.05, 4.69) is 16.3 Å². The lowest BCUT2D eigenvalue weighted by Crippen LogP contribution is -2.40. The number of amides is 1. The molecule has 1 aliphatic heterocycles. The number of rotatable bonds is 3. The summed E-state index contributed by atoms with van der Waals surface area (Å²) in [5.74, 6) is 0. The second-order valence-corrected chi connectivity index (χ2v) is 6.41. The molecule has 0 saturated carbocycles. The lowest BCUT2D eigenvalue weighted by Gasteiger charge is -2.23. The molecule has 0 bridgehead atoms. The summed E-state index contributed by atoms with van der Waals surface area (Å²) in [6, 6.07) is 8.26. The molecule has 1 aliphatic rings. The van der Waals surface area contributed by atoms with Crippen LogP contribution in [-0.4, -0.2) is 30.8 Å². The Balaban J connectivity index is 1.93. The molecule has 2 rings (SSSR count). The van der Waals surface area contributed by atoms with Crippen molar-refractivity contribution in [3.8, 4) is 0 Å². The number of anilines is 1. The summed E-state index contributed by atoms with van der Waals surface area (Å²) >= 11 is 0. The molecule has 0 radical (unpaired) electrons. The van der Waals surface area contributed by atoms with Crippen molar-refractivity contribution in [2.24, 2.45) is 5.73 Å². The average Bonchev–Trinajstić information content (AvgIpc) is 2.84. The Hall–Kier alpha value is -1.75. The molecule has 1 atom stereocenters. The molecule has 0 aliphatic carbocycles. The number of hydrogen-bond donors (Lipinski definition) is 2. The van der Waals surface area contributed by atoms with Gasteiger partial charge in [-0.3, -0.25) is 0 Å². The number of nitrogens with two attached hydrogens (primary N) is 1. The van der Waals surface area contributed by atoms with Crippen LogP contribution in [0.15, 0.2) is 24.3 Å². The Morgan fingerprint density at radius 1 is 1.43 bits per heavy atom. The van der Waals surface area contributed by atoms with E-state index in [4.69, 9.17) is 10.5 Å². The van der Waals surface area contributed by atoms with Gasteiger partial charge in [0, 0.05) is 25.3 Å². The normalized spacial score (nSPS) is 18.7. The first-order chi connectivity index (χ1) is 9.89. The fourth-order valence-corrected chi connectivity index (χ4v) is 2.56. The van der Waals surface area contributed by atoms with Crippen molar-refractivity contribution in [3.63, 3.8) is 0 Å². The number of nitrogens with one attached hydrogen (secondary N) is 1. The minimum Gasteiger partial charge on any atom is -0.444 e. The maximum Gasteiger partial charge on any atom is 0.407 e. The van der Waals surface area contributed by atoms with Gasteiger partial charge in [0.15, 0.2) is 0 Å². The Morgan fingerprint density at radius 3 is 2.81 bits per heavy atom. The first-order valence-electron chi connectivity index (χ1n) is 7.41. The summed E-state index contributed by atoms with van der Waals surface area (Å²) in [5.41, 5.74) is 7.62. The SMILES string of the molecule is CC(C)(C)OC(=O)N[C@H]1CCN(c2ccccc2CN)C1. The number of para-hydroxylation sites is 1. The van der Waals surface area contributed by atoms with Gasteiger partial charge in [-0.25, -0.2) is 4.79 Å². The van der Waals surface area contributed by atoms with Gasteiger partial charge < -0.3 is 20.7 Å². The number of alkyl carbamates (subject to hydrolysis) is 1. The van der Waals surface area contributed by atoms with Crippen LogP contribution in [0.5, 0.6) is 0 Å². The van der Waals surface area contributed by atoms with E-state index in [1.54, 1.807) is 0 Å². The van der Waals surface area contributed by atoms with Crippen molar-refractivity contribution in [1.29, 1.82) is 0 Å². The molecule has 1 amide bonds. The van der Waals surface area contributed by atoms with E-state index < -0.39 is 5.60 Å². The highest BCUT2D eigenvalue weighted by Gasteiger charge is 2.26. The number of benzene rings is 1. The highest BCUT2D eigenvalue weighted by Crippen LogP contribution is 2.24. The van der Waals surface area contributed by atoms with Crippen LogP contribution in [0, 0.1) is 0 Å². The van der Waals surface area contributed by atoms with E-state index in [1.807, 2.05) is 39.0 Å². The molecule has 0 spiro atoms. The highest BCUT2D eigenvalue weighted by molar-refractivity contribution is 5.68. The van der Waals surface area contributed by atoms with Crippen LogP contribution in [0.1, 0.15) is 32.8 Å². The summed E-state index contributed by atoms with van der Waals surface area (Å²) in [6.45, 7) is 7.83. The molecule has 1 saturated heterocycles. The predicted molar refractivity (Wildman–Crippen MR) is 84.3 cm³/mol. The third kappa shape index (κ3) is 4.36. The summed E-state index contributed by atoms with van der Waals surface area (Å²) in [7, 11) is 0. The first kappa shape index (κ1) is 15.6. The van der Waals surface area contributed by atoms with Crippen LogP contribution in [0.25, 0.3) is 0 Å². The zero-order chi connectivity index (χ0) is 15.5. The van der Waals surface area contributed by atoms with Gasteiger partial charge in [0.2, 0.25) is 0 Å². The maximum atomic E-state index is 11.8. The average molecular weight is 291 g/mol. The molecular formula is C16H25N3O2. The zero-order valence-electron chi connectivity index (χ0n) is 13.1. The maximum absolute atomic E-state index is 11.8. The van der Waals surface area contributed by atoms with Crippen LogP contribution in [0.4, 0.5) is 10.5 Å². The van der Waals surface area contributed by atoms with Gasteiger partial charge in [0.25, 0.3) is 0 Å². The number of nitrogens with zero attached hydrogens (tertiary/aromatic N) is 1. The molecule has 116 valence electrons. The Labute approximate surface area is 126 Å². The second kappa shape index (κ2) is 6.35. The zero-order valence-corrected chi connectivity index (χ0v) is 13.1. The molecule has 5 nitrogen and oxygen atoms in total. The summed E-state index contributed by atoms with van der Waals surface area (Å²) in [4.78, 5) is 14.1. The van der Waals surface area contributed by atoms with Gasteiger partial charge in [-0.05, 0) is 38.8 Å². The summed E-state index contributed by atoms with van der Waals surface area (Å²) in [6.07, 6.45) is 0.569. The standard InChI is InChI=1S/C16H25N3O2/c1-16(2,3)21-15(20)18-13-8-9-19(11-13)14-7-5-4-6-12(14)10-17/h4-7,13H,8-11,17H2,1-3H3,(H,18,20)/t13-/m0/s1. The van der Waals surface area contributed by atoms with Crippen molar-refractivity contribution in [2.75, 3.05) is 18.0 Å². The lowest BCUT2D eigenvalue weighted by atomic mass is 10.1. The number of ether oxygens (including phenoxy) is 1. The number of hydrogen-bond acceptors (Lipinski definition) is 4. The van der Waals surface area contributed by atoms with E-state index in [0.717, 1.165) is 30.8 Å². The molecule has 1 aromatic carbocycles. The van der Waals surface area contributed by atoms with E-state index >= 15 is 0 Å². The van der Waals surface area contributed by atoms with E-state index in [0.29, 0.717) is 6.54 Å². The molecule has 5 heteroatoms. The predicted octanol–water partition coefficient (Wildman–Crippen LogP) is 2.25. The Bertz CT molecular complexity index is 497. The molecule has 0 aromatic heterocycles. The smallest absolute Gasteiger partial charge is 0.407 e. The van der Waals surface area contributed by atoms with Crippen molar-refractivity contribution >= 4 is 11.8 Å². The van der Waals surface area contributed by atoms with Crippen molar-refractivity contribution < 1.29 is 9.53 Å². The Kier molecular flexibility index (Phi) is 4.73. The summed E-state index contributed by atoms with van der Waals surface area (Å²) in [5, 5.41) is 2.94. The Morgan fingerprint density at radius 2 is 2.14 bits per heavy atom. The number of carbonyl (C=O) groups excluding carboxylic acids is 1. The lowest BCUT2D eigenvalue weighted by molar-refractivity contribution is 0.0509. The van der Waals surface area contributed by atoms with Gasteiger partial charge in [0.05, 0.1) is 6.04 Å². The first-order valence-corrected chi connectivity index (χ1v) is 7.41. The molecule has 1 heterocycles. The monoisotopic (exact) mass is 291 g/mol. The van der Waals surface area contributed by atoms with E-state index in [-0.39, 0.29) is 12.1 Å². The topological polar surface area (TPSA) is 67.6 Å². The van der Waals surface area contributed by atoms with Crippen LogP contribution < -0.4 is 16.0 Å². The van der Waals surface area contributed by atoms with Crippen molar-refractivity contribution in [2.45, 2.75) is 45.4 Å². The van der Waals surface area contributed by atoms with Crippen LogP contribution >= 0.6 is 0 Å². The van der Waals surface area contributed by atoms with Gasteiger partial charge >= 0.3 is 6.09 Å². The van der Waals surface area contributed by atoms with Crippen molar-refractivity contribution in [1.82, 2.24) is 5.32 Å². The minimum absolute atomic E-state index is 0.116. The number of carbonyl (C=O) groups is 1. The molecule has 1 fully saturated rings. The van der Waals surface area contributed by atoms with Crippen LogP contribution in [0.2, 0.25) is 0 Å². The fourth-order valence-electron chi connectivity index (χ4n) is 2.56. The molecular weight excluding hydrogens is 266 g/mol. The van der Waals surface area contributed by atoms with Gasteiger partial charge in [0.1, 0.15) is 5.60 Å². The van der Waals surface area contributed by atoms with Crippen molar-refractivity contribution in [3.05, 3.63) is 29.8 Å². The van der Waals surface area contributed by atoms with Gasteiger partial charge in [-0.15, -0.1) is 0 Å². The largest absolute Gasteiger partial charge is 0.444 e. The van der Waals surface area contributed by atoms with E-state index in [9.17, 15) is 4.79 Å². The molecule has 21 heavy (non-hydrogen) atoms. The van der Waals surface area contributed by atoms with Crippen LogP contribution in [-0.2, 0) is 11.3 Å². The summed E-state index contributed by atoms with van der Waals surface area (Å²) < 4.78 is 5.30. The quantitative estimate of drug-likeness (QED) is 0.896.